The zero-order valence-corrected chi connectivity index (χ0v) is 14.4. The van der Waals surface area contributed by atoms with Crippen LogP contribution in [0.3, 0.4) is 0 Å². The Morgan fingerprint density at radius 1 is 1.14 bits per heavy atom. The van der Waals surface area contributed by atoms with Gasteiger partial charge in [0.1, 0.15) is 11.0 Å². The normalized spacial score (nSPS) is 17.4. The van der Waals surface area contributed by atoms with Crippen LogP contribution < -0.4 is 0 Å². The van der Waals surface area contributed by atoms with Crippen molar-refractivity contribution in [3.05, 3.63) is 39.3 Å². The third-order valence-corrected chi connectivity index (χ3v) is 6.08. The third-order valence-electron chi connectivity index (χ3n) is 4.46. The molecule has 0 aliphatic carbocycles. The zero-order valence-electron chi connectivity index (χ0n) is 12.7. The molecule has 0 radical (unpaired) electrons. The fourth-order valence-electron chi connectivity index (χ4n) is 3.17. The number of benzene rings is 1. The molecule has 6 heteroatoms. The smallest absolute Gasteiger partial charge is 0.105 e. The van der Waals surface area contributed by atoms with E-state index in [9.17, 15) is 0 Å². The summed E-state index contributed by atoms with van der Waals surface area (Å²) in [6.45, 7) is 6.57. The van der Waals surface area contributed by atoms with Crippen LogP contribution in [0.5, 0.6) is 0 Å². The van der Waals surface area contributed by atoms with Crippen LogP contribution in [0.25, 0.3) is 11.0 Å². The van der Waals surface area contributed by atoms with Crippen LogP contribution in [0.2, 0.25) is 0 Å². The first kappa shape index (κ1) is 14.2. The van der Waals surface area contributed by atoms with Crippen molar-refractivity contribution in [2.75, 3.05) is 13.1 Å². The summed E-state index contributed by atoms with van der Waals surface area (Å²) in [6, 6.07) is 6.87. The quantitative estimate of drug-likeness (QED) is 0.720. The summed E-state index contributed by atoms with van der Waals surface area (Å²) in [4.78, 5) is 8.72. The summed E-state index contributed by atoms with van der Waals surface area (Å²) < 4.78 is 8.65. The molecule has 0 fully saturated rings. The van der Waals surface area contributed by atoms with Crippen molar-refractivity contribution in [3.63, 3.8) is 0 Å². The average molecular weight is 330 g/mol. The molecule has 0 saturated heterocycles. The van der Waals surface area contributed by atoms with E-state index in [4.69, 9.17) is 0 Å². The predicted molar refractivity (Wildman–Crippen MR) is 91.7 cm³/mol. The zero-order chi connectivity index (χ0) is 15.1. The highest BCUT2D eigenvalue weighted by Crippen LogP contribution is 2.28. The van der Waals surface area contributed by atoms with E-state index < -0.39 is 0 Å². The Morgan fingerprint density at radius 3 is 2.86 bits per heavy atom. The molecular formula is C16H18N4S2. The van der Waals surface area contributed by atoms with Crippen LogP contribution in [0.4, 0.5) is 0 Å². The van der Waals surface area contributed by atoms with Gasteiger partial charge in [0.05, 0.1) is 22.4 Å². The molecule has 3 aromatic rings. The number of aromatic nitrogens is 3. The van der Waals surface area contributed by atoms with Gasteiger partial charge in [0.15, 0.2) is 0 Å². The van der Waals surface area contributed by atoms with Gasteiger partial charge in [0, 0.05) is 30.4 Å². The molecule has 1 unspecified atom stereocenters. The summed E-state index contributed by atoms with van der Waals surface area (Å²) in [5.41, 5.74) is 4.66. The molecule has 1 aliphatic rings. The number of fused-ring (bicyclic) bond motifs is 2. The Morgan fingerprint density at radius 2 is 1.95 bits per heavy atom. The van der Waals surface area contributed by atoms with E-state index in [-0.39, 0.29) is 0 Å². The third kappa shape index (κ3) is 2.55. The average Bonchev–Trinajstić information content (AvgIpc) is 3.07. The van der Waals surface area contributed by atoms with Crippen LogP contribution in [0.15, 0.2) is 18.2 Å². The fraction of sp³-hybridized carbons (Fsp3) is 0.438. The maximum absolute atomic E-state index is 4.69. The van der Waals surface area contributed by atoms with Crippen LogP contribution in [-0.2, 0) is 12.8 Å². The lowest BCUT2D eigenvalue weighted by Gasteiger charge is -2.27. The van der Waals surface area contributed by atoms with Gasteiger partial charge in [-0.2, -0.15) is 8.75 Å². The molecule has 3 heterocycles. The van der Waals surface area contributed by atoms with E-state index >= 15 is 0 Å². The Kier molecular flexibility index (Phi) is 3.68. The Bertz CT molecular complexity index is 782. The van der Waals surface area contributed by atoms with Crippen molar-refractivity contribution in [2.24, 2.45) is 0 Å². The van der Waals surface area contributed by atoms with Gasteiger partial charge in [-0.1, -0.05) is 6.07 Å². The number of nitrogens with zero attached hydrogens (tertiary/aromatic N) is 4. The molecule has 1 aliphatic heterocycles. The number of rotatable bonds is 2. The van der Waals surface area contributed by atoms with Crippen molar-refractivity contribution >= 4 is 34.1 Å². The number of hydrogen-bond donors (Lipinski definition) is 0. The van der Waals surface area contributed by atoms with Gasteiger partial charge in [0.2, 0.25) is 0 Å². The molecular weight excluding hydrogens is 312 g/mol. The first-order chi connectivity index (χ1) is 10.7. The van der Waals surface area contributed by atoms with Gasteiger partial charge in [-0.15, -0.1) is 11.3 Å². The van der Waals surface area contributed by atoms with E-state index in [0.717, 1.165) is 37.0 Å². The van der Waals surface area contributed by atoms with Crippen LogP contribution >= 0.6 is 23.1 Å². The highest BCUT2D eigenvalue weighted by atomic mass is 32.1. The lowest BCUT2D eigenvalue weighted by atomic mass is 10.1. The van der Waals surface area contributed by atoms with Crippen LogP contribution in [0.1, 0.15) is 34.1 Å². The molecule has 0 N–H and O–H groups in total. The molecule has 1 aromatic carbocycles. The minimum Gasteiger partial charge on any atom is -0.296 e. The van der Waals surface area contributed by atoms with Crippen molar-refractivity contribution < 1.29 is 0 Å². The number of aryl methyl sites for hydroxylation is 1. The molecule has 22 heavy (non-hydrogen) atoms. The maximum Gasteiger partial charge on any atom is 0.105 e. The topological polar surface area (TPSA) is 41.9 Å². The molecule has 4 nitrogen and oxygen atoms in total. The largest absolute Gasteiger partial charge is 0.296 e. The SMILES string of the molecule is Cc1nc2c(s1)CCN(C(C)c1ccc3nsnc3c1)CC2. The first-order valence-electron chi connectivity index (χ1n) is 7.62. The van der Waals surface area contributed by atoms with Gasteiger partial charge >= 0.3 is 0 Å². The molecule has 0 bridgehead atoms. The highest BCUT2D eigenvalue weighted by molar-refractivity contribution is 7.11. The molecule has 0 spiro atoms. The molecule has 4 rings (SSSR count). The maximum atomic E-state index is 4.69. The monoisotopic (exact) mass is 330 g/mol. The predicted octanol–water partition coefficient (Wildman–Crippen LogP) is 3.62. The van der Waals surface area contributed by atoms with Crippen LogP contribution in [-0.4, -0.2) is 31.7 Å². The summed E-state index contributed by atoms with van der Waals surface area (Å²) in [5.74, 6) is 0. The standard InChI is InChI=1S/C16H18N4S2/c1-10(12-3-4-13-15(9-12)19-22-18-13)20-7-5-14-16(6-8-20)21-11(2)17-14/h3-4,9-10H,5-8H2,1-2H3. The fourth-order valence-corrected chi connectivity index (χ4v) is 4.66. The van der Waals surface area contributed by atoms with E-state index in [1.807, 2.05) is 11.3 Å². The second-order valence-corrected chi connectivity index (χ2v) is 7.64. The molecule has 2 aromatic heterocycles. The Balaban J connectivity index is 1.55. The number of hydrogen-bond acceptors (Lipinski definition) is 6. The Hall–Kier alpha value is -1.37. The molecule has 1 atom stereocenters. The van der Waals surface area contributed by atoms with Crippen molar-refractivity contribution in [2.45, 2.75) is 32.7 Å². The molecule has 0 amide bonds. The van der Waals surface area contributed by atoms with Crippen molar-refractivity contribution in [1.82, 2.24) is 18.6 Å². The highest BCUT2D eigenvalue weighted by Gasteiger charge is 2.22. The summed E-state index contributed by atoms with van der Waals surface area (Å²) in [6.07, 6.45) is 2.18. The second-order valence-electron chi connectivity index (χ2n) is 5.83. The Labute approximate surface area is 138 Å². The second kappa shape index (κ2) is 5.68. The summed E-state index contributed by atoms with van der Waals surface area (Å²) in [7, 11) is 0. The minimum absolute atomic E-state index is 0.404. The molecule has 114 valence electrons. The van der Waals surface area contributed by atoms with E-state index in [0.29, 0.717) is 6.04 Å². The summed E-state index contributed by atoms with van der Waals surface area (Å²) in [5, 5.41) is 1.20. The van der Waals surface area contributed by atoms with Gasteiger partial charge in [0.25, 0.3) is 0 Å². The van der Waals surface area contributed by atoms with Gasteiger partial charge < -0.3 is 0 Å². The van der Waals surface area contributed by atoms with Crippen LogP contribution in [0, 0.1) is 6.92 Å². The van der Waals surface area contributed by atoms with Crippen molar-refractivity contribution in [3.8, 4) is 0 Å². The molecule has 0 saturated carbocycles. The number of thiazole rings is 1. The van der Waals surface area contributed by atoms with E-state index in [2.05, 4.69) is 50.7 Å². The lowest BCUT2D eigenvalue weighted by Crippen LogP contribution is -2.29. The first-order valence-corrected chi connectivity index (χ1v) is 9.17. The van der Waals surface area contributed by atoms with Crippen molar-refractivity contribution in [1.29, 1.82) is 0 Å². The lowest BCUT2D eigenvalue weighted by molar-refractivity contribution is 0.221. The minimum atomic E-state index is 0.404. The van der Waals surface area contributed by atoms with E-state index in [1.54, 1.807) is 0 Å². The van der Waals surface area contributed by atoms with Gasteiger partial charge in [-0.3, -0.25) is 4.90 Å². The van der Waals surface area contributed by atoms with Gasteiger partial charge in [-0.05, 0) is 38.0 Å². The van der Waals surface area contributed by atoms with Gasteiger partial charge in [-0.25, -0.2) is 4.98 Å². The summed E-state index contributed by atoms with van der Waals surface area (Å²) >= 11 is 3.15. The van der Waals surface area contributed by atoms with E-state index in [1.165, 1.54) is 32.9 Å².